The number of rotatable bonds is 5. The number of anilines is 1. The van der Waals surface area contributed by atoms with E-state index in [-0.39, 0.29) is 0 Å². The maximum atomic E-state index is 5.99. The molecule has 1 fully saturated rings. The second-order valence-corrected chi connectivity index (χ2v) is 6.43. The lowest BCUT2D eigenvalue weighted by Crippen LogP contribution is -2.53. The van der Waals surface area contributed by atoms with E-state index >= 15 is 0 Å². The van der Waals surface area contributed by atoms with Crippen LogP contribution in [0.1, 0.15) is 25.3 Å². The molecule has 0 saturated carbocycles. The highest BCUT2D eigenvalue weighted by Gasteiger charge is 2.27. The minimum Gasteiger partial charge on any atom is -0.352 e. The lowest BCUT2D eigenvalue weighted by atomic mass is 10.1. The Balaban J connectivity index is 1.70. The third-order valence-corrected chi connectivity index (χ3v) is 4.55. The van der Waals surface area contributed by atoms with Crippen molar-refractivity contribution >= 4 is 17.4 Å². The van der Waals surface area contributed by atoms with Crippen LogP contribution in [-0.2, 0) is 6.54 Å². The van der Waals surface area contributed by atoms with Gasteiger partial charge in [0.1, 0.15) is 11.0 Å². The number of benzene rings is 1. The van der Waals surface area contributed by atoms with Crippen molar-refractivity contribution in [2.75, 3.05) is 24.5 Å². The number of nitrogens with zero attached hydrogens (tertiary/aromatic N) is 4. The van der Waals surface area contributed by atoms with E-state index < -0.39 is 0 Å². The van der Waals surface area contributed by atoms with Crippen molar-refractivity contribution in [3.63, 3.8) is 0 Å². The van der Waals surface area contributed by atoms with E-state index in [9.17, 15) is 0 Å². The second-order valence-electron chi connectivity index (χ2n) is 6.04. The minimum atomic E-state index is 0.459. The van der Waals surface area contributed by atoms with Crippen LogP contribution in [0.3, 0.4) is 0 Å². The molecule has 0 amide bonds. The molecule has 0 aliphatic carbocycles. The first kappa shape index (κ1) is 16.2. The lowest BCUT2D eigenvalue weighted by Gasteiger charge is -2.42. The van der Waals surface area contributed by atoms with Crippen molar-refractivity contribution in [3.05, 3.63) is 53.4 Å². The molecule has 1 aliphatic heterocycles. The molecule has 4 nitrogen and oxygen atoms in total. The first-order valence-electron chi connectivity index (χ1n) is 8.26. The molecule has 0 radical (unpaired) electrons. The fourth-order valence-corrected chi connectivity index (χ4v) is 3.36. The highest BCUT2D eigenvalue weighted by molar-refractivity contribution is 6.29. The summed E-state index contributed by atoms with van der Waals surface area (Å²) >= 11 is 5.99. The number of halogens is 1. The maximum Gasteiger partial charge on any atom is 0.149 e. The van der Waals surface area contributed by atoms with E-state index in [1.54, 1.807) is 6.20 Å². The smallest absolute Gasteiger partial charge is 0.149 e. The minimum absolute atomic E-state index is 0.459. The lowest BCUT2D eigenvalue weighted by molar-refractivity contribution is 0.158. The van der Waals surface area contributed by atoms with Crippen LogP contribution in [0.15, 0.2) is 42.7 Å². The summed E-state index contributed by atoms with van der Waals surface area (Å²) in [5.41, 5.74) is 1.38. The summed E-state index contributed by atoms with van der Waals surface area (Å²) in [5.74, 6) is 0.887. The molecule has 122 valence electrons. The first-order chi connectivity index (χ1) is 11.3. The number of hydrogen-bond acceptors (Lipinski definition) is 4. The Morgan fingerprint density at radius 3 is 2.74 bits per heavy atom. The Morgan fingerprint density at radius 1 is 1.17 bits per heavy atom. The third-order valence-electron chi connectivity index (χ3n) is 4.37. The number of piperazine rings is 1. The van der Waals surface area contributed by atoms with E-state index in [2.05, 4.69) is 57.0 Å². The van der Waals surface area contributed by atoms with Gasteiger partial charge in [-0.2, -0.15) is 0 Å². The Labute approximate surface area is 143 Å². The van der Waals surface area contributed by atoms with Gasteiger partial charge in [-0.1, -0.05) is 55.3 Å². The summed E-state index contributed by atoms with van der Waals surface area (Å²) in [4.78, 5) is 13.5. The fourth-order valence-electron chi connectivity index (χ4n) is 3.22. The van der Waals surface area contributed by atoms with Gasteiger partial charge in [-0.15, -0.1) is 0 Å². The van der Waals surface area contributed by atoms with E-state index in [1.165, 1.54) is 18.4 Å². The van der Waals surface area contributed by atoms with Crippen LogP contribution in [0.2, 0.25) is 5.15 Å². The largest absolute Gasteiger partial charge is 0.352 e. The zero-order valence-electron chi connectivity index (χ0n) is 13.5. The van der Waals surface area contributed by atoms with Gasteiger partial charge < -0.3 is 4.90 Å². The van der Waals surface area contributed by atoms with Gasteiger partial charge in [0.05, 0.1) is 12.4 Å². The standard InChI is InChI=1S/C18H23ClN4/c1-2-6-16-14-23(18-12-20-11-17(19)21-18)10-9-22(16)13-15-7-4-3-5-8-15/h3-5,7-8,11-12,16H,2,6,9-10,13-14H2,1H3. The number of aromatic nitrogens is 2. The summed E-state index contributed by atoms with van der Waals surface area (Å²) in [6.07, 6.45) is 5.77. The van der Waals surface area contributed by atoms with Crippen LogP contribution in [0, 0.1) is 0 Å². The molecule has 1 aliphatic rings. The highest BCUT2D eigenvalue weighted by atomic mass is 35.5. The van der Waals surface area contributed by atoms with Gasteiger partial charge in [0.15, 0.2) is 0 Å². The van der Waals surface area contributed by atoms with Gasteiger partial charge in [0, 0.05) is 32.2 Å². The van der Waals surface area contributed by atoms with E-state index in [1.807, 2.05) is 6.20 Å². The van der Waals surface area contributed by atoms with Crippen molar-refractivity contribution in [2.24, 2.45) is 0 Å². The van der Waals surface area contributed by atoms with Crippen LogP contribution in [0.5, 0.6) is 0 Å². The molecule has 1 atom stereocenters. The quantitative estimate of drug-likeness (QED) is 0.838. The Kier molecular flexibility index (Phi) is 5.47. The predicted molar refractivity (Wildman–Crippen MR) is 94.8 cm³/mol. The normalized spacial score (nSPS) is 19.0. The Hall–Kier alpha value is -1.65. The maximum absolute atomic E-state index is 5.99. The molecular formula is C18H23ClN4. The Morgan fingerprint density at radius 2 is 2.00 bits per heavy atom. The van der Waals surface area contributed by atoms with E-state index in [0.29, 0.717) is 11.2 Å². The van der Waals surface area contributed by atoms with Crippen molar-refractivity contribution in [3.8, 4) is 0 Å². The van der Waals surface area contributed by atoms with Gasteiger partial charge in [0.2, 0.25) is 0 Å². The molecule has 2 aromatic rings. The third kappa shape index (κ3) is 4.21. The molecule has 5 heteroatoms. The molecule has 23 heavy (non-hydrogen) atoms. The Bertz CT molecular complexity index is 619. The van der Waals surface area contributed by atoms with Gasteiger partial charge in [0.25, 0.3) is 0 Å². The molecule has 3 rings (SSSR count). The van der Waals surface area contributed by atoms with Gasteiger partial charge >= 0.3 is 0 Å². The zero-order valence-corrected chi connectivity index (χ0v) is 14.3. The molecule has 1 unspecified atom stereocenters. The monoisotopic (exact) mass is 330 g/mol. The molecular weight excluding hydrogens is 308 g/mol. The predicted octanol–water partition coefficient (Wildman–Crippen LogP) is 3.62. The molecule has 0 spiro atoms. The summed E-state index contributed by atoms with van der Waals surface area (Å²) in [7, 11) is 0. The molecule has 2 heterocycles. The number of hydrogen-bond donors (Lipinski definition) is 0. The summed E-state index contributed by atoms with van der Waals surface area (Å²) < 4.78 is 0. The van der Waals surface area contributed by atoms with Crippen molar-refractivity contribution < 1.29 is 0 Å². The molecule has 1 aromatic heterocycles. The van der Waals surface area contributed by atoms with Gasteiger partial charge in [-0.05, 0) is 12.0 Å². The van der Waals surface area contributed by atoms with Crippen molar-refractivity contribution in [2.45, 2.75) is 32.4 Å². The topological polar surface area (TPSA) is 32.3 Å². The summed E-state index contributed by atoms with van der Waals surface area (Å²) in [5, 5.41) is 0.459. The SMILES string of the molecule is CCCC1CN(c2cncc(Cl)n2)CCN1Cc1ccccc1. The van der Waals surface area contributed by atoms with Gasteiger partial charge in [-0.25, -0.2) is 4.98 Å². The van der Waals surface area contributed by atoms with Crippen LogP contribution in [0.4, 0.5) is 5.82 Å². The fraction of sp³-hybridized carbons (Fsp3) is 0.444. The average Bonchev–Trinajstić information content (AvgIpc) is 2.57. The van der Waals surface area contributed by atoms with Crippen molar-refractivity contribution in [1.82, 2.24) is 14.9 Å². The molecule has 1 saturated heterocycles. The van der Waals surface area contributed by atoms with Gasteiger partial charge in [-0.3, -0.25) is 9.88 Å². The molecule has 0 bridgehead atoms. The average molecular weight is 331 g/mol. The van der Waals surface area contributed by atoms with Crippen LogP contribution in [-0.4, -0.2) is 40.5 Å². The van der Waals surface area contributed by atoms with E-state index in [0.717, 1.165) is 32.0 Å². The van der Waals surface area contributed by atoms with Crippen molar-refractivity contribution in [1.29, 1.82) is 0 Å². The van der Waals surface area contributed by atoms with Crippen LogP contribution >= 0.6 is 11.6 Å². The van der Waals surface area contributed by atoms with Crippen LogP contribution < -0.4 is 4.90 Å². The second kappa shape index (κ2) is 7.75. The highest BCUT2D eigenvalue weighted by Crippen LogP contribution is 2.22. The molecule has 0 N–H and O–H groups in total. The van der Waals surface area contributed by atoms with E-state index in [4.69, 9.17) is 11.6 Å². The zero-order chi connectivity index (χ0) is 16.1. The van der Waals surface area contributed by atoms with Crippen LogP contribution in [0.25, 0.3) is 0 Å². The first-order valence-corrected chi connectivity index (χ1v) is 8.64. The summed E-state index contributed by atoms with van der Waals surface area (Å²) in [6, 6.07) is 11.2. The molecule has 1 aromatic carbocycles. The summed E-state index contributed by atoms with van der Waals surface area (Å²) in [6.45, 7) is 6.24.